The molecule has 20 heavy (non-hydrogen) atoms. The van der Waals surface area contributed by atoms with Crippen LogP contribution in [0, 0.1) is 5.92 Å². The Morgan fingerprint density at radius 3 is 2.60 bits per heavy atom. The fourth-order valence-corrected chi connectivity index (χ4v) is 2.38. The minimum absolute atomic E-state index is 0.375. The zero-order valence-electron chi connectivity index (χ0n) is 13.2. The van der Waals surface area contributed by atoms with E-state index >= 15 is 0 Å². The topological polar surface area (TPSA) is 57.0 Å². The molecule has 0 fully saturated rings. The van der Waals surface area contributed by atoms with Crippen LogP contribution in [0.15, 0.2) is 0 Å². The molecule has 0 aliphatic rings. The second-order valence-electron chi connectivity index (χ2n) is 5.22. The van der Waals surface area contributed by atoms with Crippen LogP contribution in [0.1, 0.15) is 69.1 Å². The lowest BCUT2D eigenvalue weighted by Crippen LogP contribution is -2.15. The van der Waals surface area contributed by atoms with Crippen LogP contribution in [0.5, 0.6) is 0 Å². The van der Waals surface area contributed by atoms with Gasteiger partial charge in [-0.05, 0) is 18.8 Å². The summed E-state index contributed by atoms with van der Waals surface area (Å²) < 4.78 is 6.68. The maximum atomic E-state index is 11.7. The Labute approximate surface area is 121 Å². The van der Waals surface area contributed by atoms with E-state index in [1.54, 1.807) is 0 Å². The van der Waals surface area contributed by atoms with Gasteiger partial charge in [0.1, 0.15) is 0 Å². The molecule has 0 aliphatic heterocycles. The smallest absolute Gasteiger partial charge is 0.360 e. The van der Waals surface area contributed by atoms with Gasteiger partial charge in [0.25, 0.3) is 0 Å². The van der Waals surface area contributed by atoms with Crippen LogP contribution in [-0.2, 0) is 17.7 Å². The average molecular weight is 281 g/mol. The standard InChI is InChI=1S/C15H27N3O2/c1-5-8-10-12(7-3)11-18-13(9-6-2)14(16-17-18)15(19)20-4/h12H,5-11H2,1-4H3. The highest BCUT2D eigenvalue weighted by Gasteiger charge is 2.20. The minimum Gasteiger partial charge on any atom is -0.464 e. The molecule has 0 aliphatic carbocycles. The molecule has 5 heteroatoms. The summed E-state index contributed by atoms with van der Waals surface area (Å²) in [6.07, 6.45) is 6.54. The molecular weight excluding hydrogens is 254 g/mol. The zero-order valence-corrected chi connectivity index (χ0v) is 13.2. The van der Waals surface area contributed by atoms with Gasteiger partial charge in [-0.25, -0.2) is 9.48 Å². The number of rotatable bonds is 9. The second kappa shape index (κ2) is 8.72. The van der Waals surface area contributed by atoms with Crippen molar-refractivity contribution in [1.82, 2.24) is 15.0 Å². The van der Waals surface area contributed by atoms with E-state index in [1.807, 2.05) is 4.68 Å². The summed E-state index contributed by atoms with van der Waals surface area (Å²) in [6.45, 7) is 7.35. The van der Waals surface area contributed by atoms with E-state index in [2.05, 4.69) is 31.1 Å². The number of hydrogen-bond acceptors (Lipinski definition) is 4. The lowest BCUT2D eigenvalue weighted by Gasteiger charge is -2.15. The lowest BCUT2D eigenvalue weighted by atomic mass is 9.99. The van der Waals surface area contributed by atoms with Crippen LogP contribution in [-0.4, -0.2) is 28.1 Å². The quantitative estimate of drug-likeness (QED) is 0.652. The van der Waals surface area contributed by atoms with Crippen molar-refractivity contribution in [2.45, 2.75) is 65.8 Å². The molecule has 5 nitrogen and oxygen atoms in total. The zero-order chi connectivity index (χ0) is 15.0. The fourth-order valence-electron chi connectivity index (χ4n) is 2.38. The van der Waals surface area contributed by atoms with Crippen LogP contribution in [0.25, 0.3) is 0 Å². The predicted molar refractivity (Wildman–Crippen MR) is 78.7 cm³/mol. The van der Waals surface area contributed by atoms with Crippen LogP contribution in [0.4, 0.5) is 0 Å². The molecule has 0 saturated heterocycles. The molecule has 1 unspecified atom stereocenters. The number of aromatic nitrogens is 3. The second-order valence-corrected chi connectivity index (χ2v) is 5.22. The molecule has 1 aromatic heterocycles. The van der Waals surface area contributed by atoms with Crippen LogP contribution >= 0.6 is 0 Å². The molecule has 1 aromatic rings. The highest BCUT2D eigenvalue weighted by atomic mass is 16.5. The number of carbonyl (C=O) groups is 1. The Kier molecular flexibility index (Phi) is 7.26. The molecule has 0 spiro atoms. The van der Waals surface area contributed by atoms with Gasteiger partial charge in [-0.1, -0.05) is 51.7 Å². The molecule has 0 radical (unpaired) electrons. The van der Waals surface area contributed by atoms with E-state index in [0.717, 1.165) is 31.5 Å². The Balaban J connectivity index is 2.87. The van der Waals surface area contributed by atoms with E-state index in [-0.39, 0.29) is 5.97 Å². The summed E-state index contributed by atoms with van der Waals surface area (Å²) in [5.74, 6) is 0.207. The summed E-state index contributed by atoms with van der Waals surface area (Å²) in [7, 11) is 1.38. The first-order chi connectivity index (χ1) is 9.67. The third kappa shape index (κ3) is 4.32. The maximum Gasteiger partial charge on any atom is 0.360 e. The summed E-state index contributed by atoms with van der Waals surface area (Å²) >= 11 is 0. The van der Waals surface area contributed by atoms with Crippen LogP contribution < -0.4 is 0 Å². The van der Waals surface area contributed by atoms with Crippen molar-refractivity contribution in [3.05, 3.63) is 11.4 Å². The number of nitrogens with zero attached hydrogens (tertiary/aromatic N) is 3. The first-order valence-corrected chi connectivity index (χ1v) is 7.68. The van der Waals surface area contributed by atoms with Gasteiger partial charge < -0.3 is 4.74 Å². The van der Waals surface area contributed by atoms with E-state index < -0.39 is 0 Å². The van der Waals surface area contributed by atoms with Gasteiger partial charge in [0.15, 0.2) is 5.69 Å². The van der Waals surface area contributed by atoms with Gasteiger partial charge >= 0.3 is 5.97 Å². The van der Waals surface area contributed by atoms with Gasteiger partial charge in [0, 0.05) is 6.54 Å². The number of ether oxygens (including phenoxy) is 1. The summed E-state index contributed by atoms with van der Waals surface area (Å²) in [4.78, 5) is 11.7. The Bertz CT molecular complexity index is 415. The average Bonchev–Trinajstić information content (AvgIpc) is 2.85. The molecule has 1 atom stereocenters. The third-order valence-corrected chi connectivity index (χ3v) is 3.68. The normalized spacial score (nSPS) is 12.4. The number of unbranched alkanes of at least 4 members (excludes halogenated alkanes) is 1. The predicted octanol–water partition coefficient (Wildman–Crippen LogP) is 3.23. The molecule has 0 saturated carbocycles. The SMILES string of the molecule is CCCCC(CC)Cn1nnc(C(=O)OC)c1CCC. The first kappa shape index (κ1) is 16.7. The largest absolute Gasteiger partial charge is 0.464 e. The van der Waals surface area contributed by atoms with Crippen molar-refractivity contribution >= 4 is 5.97 Å². The highest BCUT2D eigenvalue weighted by Crippen LogP contribution is 2.18. The maximum absolute atomic E-state index is 11.7. The Morgan fingerprint density at radius 2 is 2.05 bits per heavy atom. The molecule has 0 bridgehead atoms. The van der Waals surface area contributed by atoms with Crippen molar-refractivity contribution in [3.8, 4) is 0 Å². The molecule has 0 aromatic carbocycles. The van der Waals surface area contributed by atoms with Gasteiger partial charge in [-0.15, -0.1) is 5.10 Å². The van der Waals surface area contributed by atoms with Gasteiger partial charge in [0.05, 0.1) is 12.8 Å². The summed E-state index contributed by atoms with van der Waals surface area (Å²) in [5, 5.41) is 8.18. The van der Waals surface area contributed by atoms with Crippen molar-refractivity contribution in [2.75, 3.05) is 7.11 Å². The van der Waals surface area contributed by atoms with E-state index in [4.69, 9.17) is 4.74 Å². The molecule has 0 N–H and O–H groups in total. The van der Waals surface area contributed by atoms with Gasteiger partial charge in [0.2, 0.25) is 0 Å². The van der Waals surface area contributed by atoms with Crippen molar-refractivity contribution < 1.29 is 9.53 Å². The minimum atomic E-state index is -0.388. The van der Waals surface area contributed by atoms with E-state index in [0.29, 0.717) is 11.6 Å². The lowest BCUT2D eigenvalue weighted by molar-refractivity contribution is 0.0592. The fraction of sp³-hybridized carbons (Fsp3) is 0.800. The van der Waals surface area contributed by atoms with Crippen molar-refractivity contribution in [3.63, 3.8) is 0 Å². The van der Waals surface area contributed by atoms with Gasteiger partial charge in [-0.3, -0.25) is 0 Å². The third-order valence-electron chi connectivity index (χ3n) is 3.68. The molecule has 1 heterocycles. The Morgan fingerprint density at radius 1 is 1.30 bits per heavy atom. The van der Waals surface area contributed by atoms with Crippen molar-refractivity contribution in [2.24, 2.45) is 5.92 Å². The molecule has 0 amide bonds. The van der Waals surface area contributed by atoms with Crippen molar-refractivity contribution in [1.29, 1.82) is 0 Å². The number of esters is 1. The summed E-state index contributed by atoms with van der Waals surface area (Å²) in [6, 6.07) is 0. The number of carbonyl (C=O) groups excluding carboxylic acids is 1. The highest BCUT2D eigenvalue weighted by molar-refractivity contribution is 5.88. The monoisotopic (exact) mass is 281 g/mol. The summed E-state index contributed by atoms with van der Waals surface area (Å²) in [5.41, 5.74) is 1.29. The van der Waals surface area contributed by atoms with Gasteiger partial charge in [-0.2, -0.15) is 0 Å². The number of methoxy groups -OCH3 is 1. The Hall–Kier alpha value is -1.39. The molecule has 1 rings (SSSR count). The molecule has 114 valence electrons. The number of hydrogen-bond donors (Lipinski definition) is 0. The first-order valence-electron chi connectivity index (χ1n) is 7.68. The molecular formula is C15H27N3O2. The van der Waals surface area contributed by atoms with Crippen LogP contribution in [0.2, 0.25) is 0 Å². The van der Waals surface area contributed by atoms with Crippen LogP contribution in [0.3, 0.4) is 0 Å². The van der Waals surface area contributed by atoms with E-state index in [1.165, 1.54) is 26.4 Å². The van der Waals surface area contributed by atoms with E-state index in [9.17, 15) is 4.79 Å².